The largest absolute Gasteiger partial charge is 0.493 e. The smallest absolute Gasteiger partial charge is 0.303 e. The van der Waals surface area contributed by atoms with Gasteiger partial charge in [0.15, 0.2) is 35.2 Å². The molecule has 238 valence electrons. The average Bonchev–Trinajstić information content (AvgIpc) is 3.68. The van der Waals surface area contributed by atoms with Gasteiger partial charge in [0, 0.05) is 31.7 Å². The average molecular weight is 625 g/mol. The first-order valence-corrected chi connectivity index (χ1v) is 14.2. The number of esters is 3. The molecule has 0 aliphatic carbocycles. The lowest BCUT2D eigenvalue weighted by Crippen LogP contribution is -2.59. The molecule has 0 radical (unpaired) electrons. The van der Waals surface area contributed by atoms with E-state index in [1.54, 1.807) is 13.2 Å². The molecule has 1 saturated heterocycles. The predicted molar refractivity (Wildman–Crippen MR) is 154 cm³/mol. The Kier molecular flexibility index (Phi) is 8.30. The summed E-state index contributed by atoms with van der Waals surface area (Å²) < 4.78 is 57.5. The lowest BCUT2D eigenvalue weighted by molar-refractivity contribution is -0.259. The van der Waals surface area contributed by atoms with Gasteiger partial charge in [0.25, 0.3) is 0 Å². The molecule has 45 heavy (non-hydrogen) atoms. The van der Waals surface area contributed by atoms with Crippen molar-refractivity contribution in [2.75, 3.05) is 27.6 Å². The van der Waals surface area contributed by atoms with Gasteiger partial charge in [-0.15, -0.1) is 0 Å². The second kappa shape index (κ2) is 12.3. The number of hydrogen-bond donors (Lipinski definition) is 0. The zero-order valence-corrected chi connectivity index (χ0v) is 25.3. The number of carbonyl (C=O) groups is 3. The van der Waals surface area contributed by atoms with E-state index in [1.807, 2.05) is 24.3 Å². The minimum atomic E-state index is -1.29. The fraction of sp³-hybridized carbons (Fsp3) is 0.406. The Morgan fingerprint density at radius 1 is 0.756 bits per heavy atom. The van der Waals surface area contributed by atoms with Gasteiger partial charge in [-0.2, -0.15) is 0 Å². The van der Waals surface area contributed by atoms with Crippen molar-refractivity contribution >= 4 is 28.7 Å². The summed E-state index contributed by atoms with van der Waals surface area (Å²) in [4.78, 5) is 36.2. The van der Waals surface area contributed by atoms with E-state index in [9.17, 15) is 14.4 Å². The third kappa shape index (κ3) is 5.76. The summed E-state index contributed by atoms with van der Waals surface area (Å²) in [6.07, 6.45) is -4.79. The Balaban J connectivity index is 1.51. The number of rotatable bonds is 8. The van der Waals surface area contributed by atoms with Gasteiger partial charge in [0.2, 0.25) is 19.2 Å². The van der Waals surface area contributed by atoms with Crippen LogP contribution < -0.4 is 23.7 Å². The zero-order chi connectivity index (χ0) is 31.8. The molecule has 0 aromatic heterocycles. The maximum Gasteiger partial charge on any atom is 0.303 e. The van der Waals surface area contributed by atoms with E-state index in [-0.39, 0.29) is 26.6 Å². The maximum atomic E-state index is 12.3. The van der Waals surface area contributed by atoms with E-state index in [2.05, 4.69) is 0 Å². The molecule has 0 unspecified atom stereocenters. The Labute approximate surface area is 258 Å². The molecule has 0 N–H and O–H groups in total. The predicted octanol–water partition coefficient (Wildman–Crippen LogP) is 3.81. The standard InChI is InChI=1S/C32H32O13/c1-15(33)42-27-13-39-32(31(44-17(3)35)30(27)43-16(2)34)45-29-20-10-25(37-5)24(36-4)9-19(20)28(21-11-38-12-22(21)29)18-6-7-23-26(8-18)41-14-40-23/h6-10,27,30-32H,11-14H2,1-5H3/t27-,30-,31+,32-/m0/s1. The van der Waals surface area contributed by atoms with Crippen LogP contribution in [-0.2, 0) is 51.3 Å². The molecule has 0 bridgehead atoms. The molecular formula is C32H32O13. The van der Waals surface area contributed by atoms with Crippen LogP contribution in [0.3, 0.4) is 0 Å². The first-order chi connectivity index (χ1) is 21.7. The number of hydrogen-bond acceptors (Lipinski definition) is 13. The Hall–Kier alpha value is -4.75. The van der Waals surface area contributed by atoms with Gasteiger partial charge in [-0.3, -0.25) is 14.4 Å². The number of ether oxygens (including phenoxy) is 10. The second-order valence-corrected chi connectivity index (χ2v) is 10.6. The molecule has 3 heterocycles. The molecule has 3 aromatic carbocycles. The van der Waals surface area contributed by atoms with Crippen molar-refractivity contribution in [1.29, 1.82) is 0 Å². The quantitative estimate of drug-likeness (QED) is 0.265. The van der Waals surface area contributed by atoms with Crippen LogP contribution in [0.4, 0.5) is 0 Å². The fourth-order valence-corrected chi connectivity index (χ4v) is 5.90. The van der Waals surface area contributed by atoms with Gasteiger partial charge in [0.1, 0.15) is 5.75 Å². The number of carbonyl (C=O) groups excluding carboxylic acids is 3. The van der Waals surface area contributed by atoms with Crippen LogP contribution in [0, 0.1) is 0 Å². The van der Waals surface area contributed by atoms with Gasteiger partial charge in [0.05, 0.1) is 34.0 Å². The molecule has 0 saturated carbocycles. The summed E-state index contributed by atoms with van der Waals surface area (Å²) in [7, 11) is 3.07. The first-order valence-electron chi connectivity index (χ1n) is 14.2. The highest BCUT2D eigenvalue weighted by Crippen LogP contribution is 2.49. The van der Waals surface area contributed by atoms with Crippen LogP contribution in [0.5, 0.6) is 28.7 Å². The number of benzene rings is 3. The Morgan fingerprint density at radius 2 is 1.40 bits per heavy atom. The number of fused-ring (bicyclic) bond motifs is 3. The number of methoxy groups -OCH3 is 2. The van der Waals surface area contributed by atoms with Gasteiger partial charge < -0.3 is 47.4 Å². The van der Waals surface area contributed by atoms with Gasteiger partial charge in [-0.1, -0.05) is 6.07 Å². The van der Waals surface area contributed by atoms with Crippen molar-refractivity contribution in [2.45, 2.75) is 58.6 Å². The van der Waals surface area contributed by atoms with Crippen molar-refractivity contribution < 1.29 is 61.8 Å². The topological polar surface area (TPSA) is 144 Å². The molecule has 13 nitrogen and oxygen atoms in total. The molecule has 3 aliphatic heterocycles. The van der Waals surface area contributed by atoms with E-state index < -0.39 is 42.5 Å². The second-order valence-electron chi connectivity index (χ2n) is 10.6. The molecule has 3 aliphatic rings. The normalized spacial score (nSPS) is 21.5. The Morgan fingerprint density at radius 3 is 2.09 bits per heavy atom. The lowest BCUT2D eigenvalue weighted by atomic mass is 9.89. The summed E-state index contributed by atoms with van der Waals surface area (Å²) >= 11 is 0. The van der Waals surface area contributed by atoms with Gasteiger partial charge in [-0.25, -0.2) is 0 Å². The van der Waals surface area contributed by atoms with Crippen LogP contribution in [-0.4, -0.2) is 70.1 Å². The van der Waals surface area contributed by atoms with Crippen LogP contribution in [0.1, 0.15) is 31.9 Å². The zero-order valence-electron chi connectivity index (χ0n) is 25.3. The van der Waals surface area contributed by atoms with Crippen LogP contribution >= 0.6 is 0 Å². The minimum Gasteiger partial charge on any atom is -0.493 e. The van der Waals surface area contributed by atoms with Crippen LogP contribution in [0.15, 0.2) is 30.3 Å². The summed E-state index contributed by atoms with van der Waals surface area (Å²) in [5.41, 5.74) is 3.32. The van der Waals surface area contributed by atoms with E-state index in [0.29, 0.717) is 34.1 Å². The van der Waals surface area contributed by atoms with Crippen molar-refractivity contribution in [3.63, 3.8) is 0 Å². The van der Waals surface area contributed by atoms with Gasteiger partial charge in [-0.05, 0) is 46.3 Å². The molecule has 13 heteroatoms. The third-order valence-electron chi connectivity index (χ3n) is 7.67. The van der Waals surface area contributed by atoms with Crippen molar-refractivity contribution in [3.05, 3.63) is 41.5 Å². The summed E-state index contributed by atoms with van der Waals surface area (Å²) in [6, 6.07) is 9.34. The highest BCUT2D eigenvalue weighted by atomic mass is 16.7. The molecule has 3 aromatic rings. The van der Waals surface area contributed by atoms with Crippen LogP contribution in [0.2, 0.25) is 0 Å². The fourth-order valence-electron chi connectivity index (χ4n) is 5.90. The van der Waals surface area contributed by atoms with E-state index in [1.165, 1.54) is 27.9 Å². The van der Waals surface area contributed by atoms with Gasteiger partial charge >= 0.3 is 17.9 Å². The highest BCUT2D eigenvalue weighted by molar-refractivity contribution is 6.05. The first kappa shape index (κ1) is 30.3. The van der Waals surface area contributed by atoms with E-state index in [0.717, 1.165) is 27.6 Å². The highest BCUT2D eigenvalue weighted by Gasteiger charge is 2.48. The van der Waals surface area contributed by atoms with Crippen molar-refractivity contribution in [2.24, 2.45) is 0 Å². The van der Waals surface area contributed by atoms with E-state index >= 15 is 0 Å². The molecule has 0 amide bonds. The SMILES string of the molecule is COc1cc2c(O[C@@H]3OC[C@H](OC(C)=O)[C@H](OC(C)=O)[C@H]3OC(C)=O)c3c(c(-c4ccc5c(c4)OCO5)c2cc1OC)COC3. The minimum absolute atomic E-state index is 0.135. The van der Waals surface area contributed by atoms with Crippen molar-refractivity contribution in [1.82, 2.24) is 0 Å². The molecule has 0 spiro atoms. The molecule has 1 fully saturated rings. The van der Waals surface area contributed by atoms with E-state index in [4.69, 9.17) is 47.4 Å². The summed E-state index contributed by atoms with van der Waals surface area (Å²) in [5.74, 6) is 0.617. The third-order valence-corrected chi connectivity index (χ3v) is 7.67. The van der Waals surface area contributed by atoms with Crippen molar-refractivity contribution in [3.8, 4) is 39.9 Å². The van der Waals surface area contributed by atoms with Crippen LogP contribution in [0.25, 0.3) is 21.9 Å². The summed E-state index contributed by atoms with van der Waals surface area (Å²) in [6.45, 7) is 4.05. The lowest BCUT2D eigenvalue weighted by Gasteiger charge is -2.40. The molecule has 6 rings (SSSR count). The monoisotopic (exact) mass is 624 g/mol. The summed E-state index contributed by atoms with van der Waals surface area (Å²) in [5, 5.41) is 1.38. The molecular weight excluding hydrogens is 592 g/mol. The maximum absolute atomic E-state index is 12.3. The Bertz CT molecular complexity index is 1660. The molecule has 4 atom stereocenters.